The highest BCUT2D eigenvalue weighted by Gasteiger charge is 2.57. The summed E-state index contributed by atoms with van der Waals surface area (Å²) in [7, 11) is 1.70. The van der Waals surface area contributed by atoms with Crippen molar-refractivity contribution >= 4 is 0 Å². The van der Waals surface area contributed by atoms with E-state index in [1.54, 1.807) is 7.11 Å². The van der Waals surface area contributed by atoms with Crippen molar-refractivity contribution in [1.29, 1.82) is 0 Å². The highest BCUT2D eigenvalue weighted by atomic mass is 16.5. The van der Waals surface area contributed by atoms with Crippen LogP contribution in [-0.2, 0) is 12.0 Å². The molecule has 1 N–H and O–H groups in total. The molecule has 0 saturated heterocycles. The van der Waals surface area contributed by atoms with Gasteiger partial charge in [0.25, 0.3) is 0 Å². The lowest BCUT2D eigenvalue weighted by atomic mass is 9.61. The van der Waals surface area contributed by atoms with Gasteiger partial charge < -0.3 is 9.84 Å². The summed E-state index contributed by atoms with van der Waals surface area (Å²) in [5, 5.41) is 11.7. The van der Waals surface area contributed by atoms with E-state index in [2.05, 4.69) is 32.1 Å². The molecule has 1 aromatic carbocycles. The zero-order valence-corrected chi connectivity index (χ0v) is 13.4. The molecule has 0 radical (unpaired) electrons. The minimum atomic E-state index is -0.776. The highest BCUT2D eigenvalue weighted by Crippen LogP contribution is 2.61. The van der Waals surface area contributed by atoms with E-state index in [-0.39, 0.29) is 5.41 Å². The fraction of sp³-hybridized carbons (Fsp3) is 0.579. The Morgan fingerprint density at radius 3 is 2.86 bits per heavy atom. The third-order valence-corrected chi connectivity index (χ3v) is 5.65. The SMILES string of the molecule is CCCCC12CCC=C(C)C1(O)c1ccc(OC)cc1C2. The van der Waals surface area contributed by atoms with Crippen LogP contribution in [0, 0.1) is 5.41 Å². The molecule has 2 atom stereocenters. The van der Waals surface area contributed by atoms with Gasteiger partial charge in [-0.1, -0.05) is 31.9 Å². The van der Waals surface area contributed by atoms with Gasteiger partial charge in [-0.3, -0.25) is 0 Å². The van der Waals surface area contributed by atoms with E-state index >= 15 is 0 Å². The summed E-state index contributed by atoms with van der Waals surface area (Å²) >= 11 is 0. The van der Waals surface area contributed by atoms with Crippen LogP contribution >= 0.6 is 0 Å². The number of benzene rings is 1. The van der Waals surface area contributed by atoms with Crippen LogP contribution in [0.4, 0.5) is 0 Å². The number of methoxy groups -OCH3 is 1. The van der Waals surface area contributed by atoms with Crippen molar-refractivity contribution in [2.24, 2.45) is 5.41 Å². The summed E-state index contributed by atoms with van der Waals surface area (Å²) in [5.41, 5.74) is 2.71. The maximum Gasteiger partial charge on any atom is 0.119 e. The molecule has 2 nitrogen and oxygen atoms in total. The summed E-state index contributed by atoms with van der Waals surface area (Å²) in [6.07, 6.45) is 8.83. The van der Waals surface area contributed by atoms with E-state index in [0.29, 0.717) is 0 Å². The fourth-order valence-electron chi connectivity index (χ4n) is 4.50. The molecule has 0 fully saturated rings. The lowest BCUT2D eigenvalue weighted by molar-refractivity contribution is -0.0642. The van der Waals surface area contributed by atoms with E-state index in [1.165, 1.54) is 18.4 Å². The van der Waals surface area contributed by atoms with Crippen LogP contribution in [0.15, 0.2) is 29.8 Å². The van der Waals surface area contributed by atoms with Gasteiger partial charge in [-0.25, -0.2) is 0 Å². The monoisotopic (exact) mass is 286 g/mol. The second kappa shape index (κ2) is 5.17. The number of fused-ring (bicyclic) bond motifs is 3. The Hall–Kier alpha value is -1.28. The molecule has 0 heterocycles. The van der Waals surface area contributed by atoms with Crippen molar-refractivity contribution in [3.05, 3.63) is 41.0 Å². The summed E-state index contributed by atoms with van der Waals surface area (Å²) in [6, 6.07) is 6.17. The molecular formula is C19H26O2. The molecule has 0 saturated carbocycles. The minimum absolute atomic E-state index is 0.0173. The zero-order chi connectivity index (χ0) is 15.1. The maximum absolute atomic E-state index is 11.7. The smallest absolute Gasteiger partial charge is 0.119 e. The lowest BCUT2D eigenvalue weighted by Crippen LogP contribution is -2.45. The number of rotatable bonds is 4. The topological polar surface area (TPSA) is 29.5 Å². The van der Waals surface area contributed by atoms with Gasteiger partial charge in [0, 0.05) is 5.41 Å². The molecule has 1 aromatic rings. The first kappa shape index (κ1) is 14.6. The van der Waals surface area contributed by atoms with Crippen molar-refractivity contribution in [1.82, 2.24) is 0 Å². The van der Waals surface area contributed by atoms with Gasteiger partial charge in [0.05, 0.1) is 7.11 Å². The molecule has 2 aliphatic carbocycles. The van der Waals surface area contributed by atoms with Crippen molar-refractivity contribution in [2.45, 2.75) is 58.0 Å². The Balaban J connectivity index is 2.12. The van der Waals surface area contributed by atoms with E-state index in [1.807, 2.05) is 6.07 Å². The molecule has 2 aliphatic rings. The van der Waals surface area contributed by atoms with E-state index in [9.17, 15) is 5.11 Å². The molecule has 0 amide bonds. The summed E-state index contributed by atoms with van der Waals surface area (Å²) in [4.78, 5) is 0. The van der Waals surface area contributed by atoms with Crippen LogP contribution in [0.3, 0.4) is 0 Å². The van der Waals surface area contributed by atoms with Crippen molar-refractivity contribution < 1.29 is 9.84 Å². The Bertz CT molecular complexity index is 575. The van der Waals surface area contributed by atoms with Crippen LogP contribution in [0.5, 0.6) is 5.75 Å². The molecule has 0 spiro atoms. The van der Waals surface area contributed by atoms with Crippen LogP contribution in [0.2, 0.25) is 0 Å². The van der Waals surface area contributed by atoms with E-state index in [0.717, 1.165) is 42.6 Å². The van der Waals surface area contributed by atoms with Gasteiger partial charge in [0.15, 0.2) is 0 Å². The van der Waals surface area contributed by atoms with Gasteiger partial charge in [-0.05, 0) is 61.4 Å². The summed E-state index contributed by atoms with van der Waals surface area (Å²) < 4.78 is 5.37. The maximum atomic E-state index is 11.7. The standard InChI is InChI=1S/C19H26O2/c1-4-5-10-18-11-6-7-14(2)19(18,20)17-9-8-16(21-3)12-15(17)13-18/h7-9,12,20H,4-6,10-11,13H2,1-3H3. The molecular weight excluding hydrogens is 260 g/mol. The molecule has 2 unspecified atom stereocenters. The second-order valence-electron chi connectivity index (χ2n) is 6.72. The average Bonchev–Trinajstić information content (AvgIpc) is 2.75. The third kappa shape index (κ3) is 1.96. The number of aliphatic hydroxyl groups is 1. The van der Waals surface area contributed by atoms with Gasteiger partial charge in [0.2, 0.25) is 0 Å². The van der Waals surface area contributed by atoms with Crippen LogP contribution in [-0.4, -0.2) is 12.2 Å². The van der Waals surface area contributed by atoms with Gasteiger partial charge in [-0.15, -0.1) is 0 Å². The number of hydrogen-bond donors (Lipinski definition) is 1. The van der Waals surface area contributed by atoms with Crippen molar-refractivity contribution in [3.63, 3.8) is 0 Å². The third-order valence-electron chi connectivity index (χ3n) is 5.65. The predicted octanol–water partition coefficient (Wildman–Crippen LogP) is 4.36. The molecule has 3 rings (SSSR count). The van der Waals surface area contributed by atoms with Crippen LogP contribution in [0.1, 0.15) is 57.1 Å². The number of hydrogen-bond acceptors (Lipinski definition) is 2. The quantitative estimate of drug-likeness (QED) is 0.834. The Morgan fingerprint density at radius 2 is 2.14 bits per heavy atom. The number of ether oxygens (including phenoxy) is 1. The molecule has 0 aliphatic heterocycles. The zero-order valence-electron chi connectivity index (χ0n) is 13.4. The number of unbranched alkanes of at least 4 members (excludes halogenated alkanes) is 1. The largest absolute Gasteiger partial charge is 0.497 e. The Labute approximate surface area is 127 Å². The minimum Gasteiger partial charge on any atom is -0.497 e. The summed E-state index contributed by atoms with van der Waals surface area (Å²) in [5.74, 6) is 0.892. The Morgan fingerprint density at radius 1 is 1.33 bits per heavy atom. The summed E-state index contributed by atoms with van der Waals surface area (Å²) in [6.45, 7) is 4.32. The molecule has 21 heavy (non-hydrogen) atoms. The fourth-order valence-corrected chi connectivity index (χ4v) is 4.50. The van der Waals surface area contributed by atoms with Gasteiger partial charge >= 0.3 is 0 Å². The van der Waals surface area contributed by atoms with Crippen molar-refractivity contribution in [3.8, 4) is 5.75 Å². The molecule has 2 heteroatoms. The first-order valence-corrected chi connectivity index (χ1v) is 8.14. The number of allylic oxidation sites excluding steroid dienone is 1. The van der Waals surface area contributed by atoms with Crippen LogP contribution < -0.4 is 4.74 Å². The molecule has 0 bridgehead atoms. The highest BCUT2D eigenvalue weighted by molar-refractivity contribution is 5.51. The normalized spacial score (nSPS) is 30.6. The predicted molar refractivity (Wildman–Crippen MR) is 85.5 cm³/mol. The van der Waals surface area contributed by atoms with Crippen molar-refractivity contribution in [2.75, 3.05) is 7.11 Å². The molecule has 114 valence electrons. The first-order valence-electron chi connectivity index (χ1n) is 8.14. The van der Waals surface area contributed by atoms with Gasteiger partial charge in [-0.2, -0.15) is 0 Å². The van der Waals surface area contributed by atoms with E-state index < -0.39 is 5.60 Å². The lowest BCUT2D eigenvalue weighted by Gasteiger charge is -2.47. The van der Waals surface area contributed by atoms with E-state index in [4.69, 9.17) is 4.74 Å². The average molecular weight is 286 g/mol. The first-order chi connectivity index (χ1) is 10.1. The second-order valence-corrected chi connectivity index (χ2v) is 6.72. The molecule has 0 aromatic heterocycles. The Kier molecular flexibility index (Phi) is 3.61. The van der Waals surface area contributed by atoms with Gasteiger partial charge in [0.1, 0.15) is 11.4 Å². The van der Waals surface area contributed by atoms with Crippen LogP contribution in [0.25, 0.3) is 0 Å².